The average molecular weight is 254 g/mol. The van der Waals surface area contributed by atoms with Gasteiger partial charge in [-0.15, -0.1) is 0 Å². The number of ether oxygens (including phenoxy) is 1. The third kappa shape index (κ3) is 1.81. The van der Waals surface area contributed by atoms with E-state index in [0.717, 1.165) is 28.0 Å². The average Bonchev–Trinajstić information content (AvgIpc) is 2.76. The first-order valence-electron chi connectivity index (χ1n) is 6.05. The SMILES string of the molecule is COc1ccc(-n2c(=O)[nH]c3cccc(C)c32)cc1. The fraction of sp³-hybridized carbons (Fsp3) is 0.133. The highest BCUT2D eigenvalue weighted by atomic mass is 16.5. The summed E-state index contributed by atoms with van der Waals surface area (Å²) in [6.45, 7) is 2.00. The Morgan fingerprint density at radius 2 is 1.84 bits per heavy atom. The summed E-state index contributed by atoms with van der Waals surface area (Å²) in [6.07, 6.45) is 0. The van der Waals surface area contributed by atoms with Crippen molar-refractivity contribution in [3.8, 4) is 11.4 Å². The number of aromatic nitrogens is 2. The molecule has 96 valence electrons. The van der Waals surface area contributed by atoms with E-state index in [2.05, 4.69) is 4.98 Å². The fourth-order valence-corrected chi connectivity index (χ4v) is 2.31. The lowest BCUT2D eigenvalue weighted by atomic mass is 10.2. The van der Waals surface area contributed by atoms with Gasteiger partial charge in [0.2, 0.25) is 0 Å². The lowest BCUT2D eigenvalue weighted by Crippen LogP contribution is -2.14. The molecule has 0 saturated carbocycles. The molecule has 0 atom stereocenters. The molecule has 0 spiro atoms. The number of hydrogen-bond acceptors (Lipinski definition) is 2. The van der Waals surface area contributed by atoms with Crippen molar-refractivity contribution in [1.82, 2.24) is 9.55 Å². The Labute approximate surface area is 110 Å². The van der Waals surface area contributed by atoms with Crippen molar-refractivity contribution in [2.45, 2.75) is 6.92 Å². The van der Waals surface area contributed by atoms with E-state index in [0.29, 0.717) is 0 Å². The first kappa shape index (κ1) is 11.6. The number of H-pyrrole nitrogens is 1. The lowest BCUT2D eigenvalue weighted by molar-refractivity contribution is 0.414. The minimum Gasteiger partial charge on any atom is -0.497 e. The maximum absolute atomic E-state index is 12.1. The van der Waals surface area contributed by atoms with Gasteiger partial charge in [-0.25, -0.2) is 4.79 Å². The van der Waals surface area contributed by atoms with Crippen LogP contribution in [0.2, 0.25) is 0 Å². The summed E-state index contributed by atoms with van der Waals surface area (Å²) in [5, 5.41) is 0. The third-order valence-electron chi connectivity index (χ3n) is 3.24. The smallest absolute Gasteiger partial charge is 0.331 e. The van der Waals surface area contributed by atoms with Crippen molar-refractivity contribution in [3.05, 3.63) is 58.5 Å². The molecule has 0 aliphatic heterocycles. The molecule has 0 amide bonds. The van der Waals surface area contributed by atoms with E-state index in [1.807, 2.05) is 49.4 Å². The molecule has 4 heteroatoms. The Balaban J connectivity index is 2.29. The van der Waals surface area contributed by atoms with Crippen LogP contribution in [-0.2, 0) is 0 Å². The maximum Gasteiger partial charge on any atom is 0.331 e. The van der Waals surface area contributed by atoms with Crippen molar-refractivity contribution in [3.63, 3.8) is 0 Å². The van der Waals surface area contributed by atoms with Crippen LogP contribution < -0.4 is 10.4 Å². The van der Waals surface area contributed by atoms with Crippen LogP contribution in [0.5, 0.6) is 5.75 Å². The molecule has 2 aromatic carbocycles. The zero-order valence-electron chi connectivity index (χ0n) is 10.8. The second-order valence-electron chi connectivity index (χ2n) is 4.43. The van der Waals surface area contributed by atoms with Crippen LogP contribution >= 0.6 is 0 Å². The third-order valence-corrected chi connectivity index (χ3v) is 3.24. The fourth-order valence-electron chi connectivity index (χ4n) is 2.31. The topological polar surface area (TPSA) is 47.0 Å². The van der Waals surface area contributed by atoms with E-state index in [-0.39, 0.29) is 5.69 Å². The van der Waals surface area contributed by atoms with Crippen molar-refractivity contribution in [2.24, 2.45) is 0 Å². The van der Waals surface area contributed by atoms with Gasteiger partial charge < -0.3 is 9.72 Å². The van der Waals surface area contributed by atoms with Gasteiger partial charge in [0.05, 0.1) is 23.8 Å². The van der Waals surface area contributed by atoms with Crippen LogP contribution in [0.4, 0.5) is 0 Å². The molecule has 0 saturated heterocycles. The number of hydrogen-bond donors (Lipinski definition) is 1. The minimum atomic E-state index is -0.130. The van der Waals surface area contributed by atoms with Gasteiger partial charge in [0.25, 0.3) is 0 Å². The summed E-state index contributed by atoms with van der Waals surface area (Å²) in [7, 11) is 1.62. The van der Waals surface area contributed by atoms with Gasteiger partial charge in [0, 0.05) is 0 Å². The van der Waals surface area contributed by atoms with Gasteiger partial charge in [0.1, 0.15) is 5.75 Å². The number of nitrogens with zero attached hydrogens (tertiary/aromatic N) is 1. The van der Waals surface area contributed by atoms with Crippen molar-refractivity contribution in [1.29, 1.82) is 0 Å². The first-order chi connectivity index (χ1) is 9.20. The number of rotatable bonds is 2. The number of fused-ring (bicyclic) bond motifs is 1. The van der Waals surface area contributed by atoms with Crippen LogP contribution in [0, 0.1) is 6.92 Å². The molecule has 3 aromatic rings. The Morgan fingerprint density at radius 3 is 2.53 bits per heavy atom. The van der Waals surface area contributed by atoms with Gasteiger partial charge >= 0.3 is 5.69 Å². The van der Waals surface area contributed by atoms with Gasteiger partial charge in [-0.2, -0.15) is 0 Å². The Morgan fingerprint density at radius 1 is 1.11 bits per heavy atom. The number of methoxy groups -OCH3 is 1. The van der Waals surface area contributed by atoms with E-state index in [1.165, 1.54) is 0 Å². The molecule has 0 fully saturated rings. The van der Waals surface area contributed by atoms with E-state index in [4.69, 9.17) is 4.74 Å². The number of imidazole rings is 1. The first-order valence-corrected chi connectivity index (χ1v) is 6.05. The van der Waals surface area contributed by atoms with Gasteiger partial charge in [-0.05, 0) is 42.8 Å². The number of para-hydroxylation sites is 1. The van der Waals surface area contributed by atoms with E-state index < -0.39 is 0 Å². The summed E-state index contributed by atoms with van der Waals surface area (Å²) >= 11 is 0. The Bertz CT molecular complexity index is 782. The second kappa shape index (κ2) is 4.31. The molecule has 0 unspecified atom stereocenters. The zero-order valence-corrected chi connectivity index (χ0v) is 10.8. The molecule has 1 N–H and O–H groups in total. The van der Waals surface area contributed by atoms with E-state index in [1.54, 1.807) is 11.7 Å². The summed E-state index contributed by atoms with van der Waals surface area (Å²) in [5.41, 5.74) is 3.52. The van der Waals surface area contributed by atoms with Crippen molar-refractivity contribution >= 4 is 11.0 Å². The Hall–Kier alpha value is -2.49. The predicted octanol–water partition coefficient (Wildman–Crippen LogP) is 2.64. The summed E-state index contributed by atoms with van der Waals surface area (Å²) in [5.74, 6) is 0.772. The highest BCUT2D eigenvalue weighted by molar-refractivity contribution is 5.80. The molecular weight excluding hydrogens is 240 g/mol. The highest BCUT2D eigenvalue weighted by Gasteiger charge is 2.10. The molecule has 0 aliphatic carbocycles. The number of aromatic amines is 1. The molecular formula is C15H14N2O2. The van der Waals surface area contributed by atoms with Crippen molar-refractivity contribution < 1.29 is 4.74 Å². The second-order valence-corrected chi connectivity index (χ2v) is 4.43. The molecule has 0 radical (unpaired) electrons. The van der Waals surface area contributed by atoms with Gasteiger partial charge in [-0.3, -0.25) is 4.57 Å². The summed E-state index contributed by atoms with van der Waals surface area (Å²) in [6, 6.07) is 13.3. The normalized spacial score (nSPS) is 10.8. The number of nitrogens with one attached hydrogen (secondary N) is 1. The molecule has 1 aromatic heterocycles. The molecule has 1 heterocycles. The minimum absolute atomic E-state index is 0.130. The Kier molecular flexibility index (Phi) is 2.63. The molecule has 4 nitrogen and oxygen atoms in total. The van der Waals surface area contributed by atoms with Crippen LogP contribution in [0.1, 0.15) is 5.56 Å². The van der Waals surface area contributed by atoms with Gasteiger partial charge in [0.15, 0.2) is 0 Å². The summed E-state index contributed by atoms with van der Waals surface area (Å²) in [4.78, 5) is 15.0. The monoisotopic (exact) mass is 254 g/mol. The van der Waals surface area contributed by atoms with E-state index >= 15 is 0 Å². The predicted molar refractivity (Wildman–Crippen MR) is 75.2 cm³/mol. The maximum atomic E-state index is 12.1. The molecule has 19 heavy (non-hydrogen) atoms. The standard InChI is InChI=1S/C15H14N2O2/c1-10-4-3-5-13-14(10)17(15(18)16-13)11-6-8-12(19-2)9-7-11/h3-9H,1-2H3,(H,16,18). The van der Waals surface area contributed by atoms with Crippen LogP contribution in [0.3, 0.4) is 0 Å². The quantitative estimate of drug-likeness (QED) is 0.764. The summed E-state index contributed by atoms with van der Waals surface area (Å²) < 4.78 is 6.82. The molecule has 3 rings (SSSR count). The van der Waals surface area contributed by atoms with Crippen molar-refractivity contribution in [2.75, 3.05) is 7.11 Å². The zero-order chi connectivity index (χ0) is 13.4. The molecule has 0 bridgehead atoms. The van der Waals surface area contributed by atoms with Gasteiger partial charge in [-0.1, -0.05) is 12.1 Å². The van der Waals surface area contributed by atoms with E-state index in [9.17, 15) is 4.79 Å². The number of aryl methyl sites for hydroxylation is 1. The lowest BCUT2D eigenvalue weighted by Gasteiger charge is -2.06. The van der Waals surface area contributed by atoms with Crippen LogP contribution in [0.15, 0.2) is 47.3 Å². The highest BCUT2D eigenvalue weighted by Crippen LogP contribution is 2.20. The molecule has 0 aliphatic rings. The number of benzene rings is 2. The largest absolute Gasteiger partial charge is 0.497 e. The van der Waals surface area contributed by atoms with Crippen LogP contribution in [0.25, 0.3) is 16.7 Å². The van der Waals surface area contributed by atoms with Crippen LogP contribution in [-0.4, -0.2) is 16.7 Å².